The molecule has 108 valence electrons. The van der Waals surface area contributed by atoms with Gasteiger partial charge < -0.3 is 9.80 Å². The number of nitrogens with zero attached hydrogens (tertiary/aromatic N) is 3. The first-order valence-corrected chi connectivity index (χ1v) is 7.45. The van der Waals surface area contributed by atoms with E-state index in [0.717, 1.165) is 41.8 Å². The molecule has 4 heteroatoms. The number of pyridine rings is 1. The molecule has 0 aliphatic rings. The van der Waals surface area contributed by atoms with E-state index in [4.69, 9.17) is 16.6 Å². The van der Waals surface area contributed by atoms with E-state index in [1.54, 1.807) is 0 Å². The molecule has 1 aromatic heterocycles. The van der Waals surface area contributed by atoms with E-state index in [2.05, 4.69) is 43.1 Å². The summed E-state index contributed by atoms with van der Waals surface area (Å²) in [6.45, 7) is 2.06. The van der Waals surface area contributed by atoms with E-state index in [0.29, 0.717) is 5.88 Å². The fourth-order valence-electron chi connectivity index (χ4n) is 2.31. The van der Waals surface area contributed by atoms with Crippen LogP contribution in [0, 0.1) is 0 Å². The number of anilines is 1. The third kappa shape index (κ3) is 3.62. The summed E-state index contributed by atoms with van der Waals surface area (Å²) in [6, 6.07) is 10.3. The van der Waals surface area contributed by atoms with Crippen molar-refractivity contribution in [3.05, 3.63) is 35.9 Å². The molecule has 0 radical (unpaired) electrons. The molecule has 1 aromatic carbocycles. The van der Waals surface area contributed by atoms with Gasteiger partial charge in [0, 0.05) is 24.5 Å². The molecule has 0 N–H and O–H groups in total. The second-order valence-electron chi connectivity index (χ2n) is 5.38. The molecule has 0 saturated heterocycles. The van der Waals surface area contributed by atoms with E-state index in [-0.39, 0.29) is 0 Å². The molecule has 0 unspecified atom stereocenters. The smallest absolute Gasteiger partial charge is 0.133 e. The SMILES string of the molecule is CN(C)CCCN(C)c1nc2ccccc2cc1CCl. The number of rotatable bonds is 6. The van der Waals surface area contributed by atoms with Crippen LogP contribution >= 0.6 is 11.6 Å². The molecule has 20 heavy (non-hydrogen) atoms. The molecular formula is C16H22ClN3. The zero-order valence-electron chi connectivity index (χ0n) is 12.4. The Morgan fingerprint density at radius 3 is 2.55 bits per heavy atom. The minimum absolute atomic E-state index is 0.491. The van der Waals surface area contributed by atoms with Crippen molar-refractivity contribution >= 4 is 28.3 Å². The third-order valence-corrected chi connectivity index (χ3v) is 3.67. The average Bonchev–Trinajstić information content (AvgIpc) is 2.45. The number of hydrogen-bond acceptors (Lipinski definition) is 3. The number of benzene rings is 1. The zero-order valence-corrected chi connectivity index (χ0v) is 13.2. The Labute approximate surface area is 126 Å². The summed E-state index contributed by atoms with van der Waals surface area (Å²) < 4.78 is 0. The lowest BCUT2D eigenvalue weighted by atomic mass is 10.1. The van der Waals surface area contributed by atoms with Crippen LogP contribution in [0.1, 0.15) is 12.0 Å². The second kappa shape index (κ2) is 6.91. The highest BCUT2D eigenvalue weighted by molar-refractivity contribution is 6.17. The molecule has 0 spiro atoms. The van der Waals surface area contributed by atoms with Gasteiger partial charge in [-0.3, -0.25) is 0 Å². The first kappa shape index (κ1) is 15.1. The van der Waals surface area contributed by atoms with Crippen molar-refractivity contribution in [1.29, 1.82) is 0 Å². The van der Waals surface area contributed by atoms with Crippen LogP contribution in [-0.2, 0) is 5.88 Å². The predicted octanol–water partition coefficient (Wildman–Crippen LogP) is 3.36. The minimum atomic E-state index is 0.491. The lowest BCUT2D eigenvalue weighted by Gasteiger charge is -2.22. The second-order valence-corrected chi connectivity index (χ2v) is 5.64. The molecule has 0 bridgehead atoms. The number of alkyl halides is 1. The summed E-state index contributed by atoms with van der Waals surface area (Å²) >= 11 is 6.09. The van der Waals surface area contributed by atoms with E-state index in [1.807, 2.05) is 18.2 Å². The van der Waals surface area contributed by atoms with E-state index in [9.17, 15) is 0 Å². The van der Waals surface area contributed by atoms with Crippen molar-refractivity contribution in [1.82, 2.24) is 9.88 Å². The minimum Gasteiger partial charge on any atom is -0.359 e. The third-order valence-electron chi connectivity index (χ3n) is 3.38. The van der Waals surface area contributed by atoms with Crippen LogP contribution in [0.2, 0.25) is 0 Å². The first-order valence-electron chi connectivity index (χ1n) is 6.92. The van der Waals surface area contributed by atoms with E-state index < -0.39 is 0 Å². The van der Waals surface area contributed by atoms with Crippen LogP contribution in [0.15, 0.2) is 30.3 Å². The summed E-state index contributed by atoms with van der Waals surface area (Å²) in [6.07, 6.45) is 1.11. The maximum atomic E-state index is 6.09. The molecule has 0 aliphatic carbocycles. The van der Waals surface area contributed by atoms with Gasteiger partial charge >= 0.3 is 0 Å². The lowest BCUT2D eigenvalue weighted by molar-refractivity contribution is 0.401. The van der Waals surface area contributed by atoms with Crippen molar-refractivity contribution in [3.63, 3.8) is 0 Å². The monoisotopic (exact) mass is 291 g/mol. The molecule has 3 nitrogen and oxygen atoms in total. The van der Waals surface area contributed by atoms with Crippen molar-refractivity contribution in [2.24, 2.45) is 0 Å². The normalized spacial score (nSPS) is 11.2. The Kier molecular flexibility index (Phi) is 5.21. The van der Waals surface area contributed by atoms with Gasteiger partial charge in [0.25, 0.3) is 0 Å². The van der Waals surface area contributed by atoms with Gasteiger partial charge in [-0.15, -0.1) is 11.6 Å². The highest BCUT2D eigenvalue weighted by Gasteiger charge is 2.10. The Hall–Kier alpha value is -1.32. The summed E-state index contributed by atoms with van der Waals surface area (Å²) in [5.74, 6) is 1.49. The summed E-state index contributed by atoms with van der Waals surface area (Å²) in [7, 11) is 6.28. The molecule has 0 fully saturated rings. The molecule has 2 aromatic rings. The van der Waals surface area contributed by atoms with Crippen LogP contribution < -0.4 is 4.90 Å². The molecule has 0 atom stereocenters. The van der Waals surface area contributed by atoms with Crippen LogP contribution in [-0.4, -0.2) is 44.1 Å². The van der Waals surface area contributed by atoms with Gasteiger partial charge in [-0.1, -0.05) is 18.2 Å². The van der Waals surface area contributed by atoms with E-state index >= 15 is 0 Å². The van der Waals surface area contributed by atoms with Gasteiger partial charge in [-0.05, 0) is 39.2 Å². The van der Waals surface area contributed by atoms with Crippen molar-refractivity contribution < 1.29 is 0 Å². The van der Waals surface area contributed by atoms with Crippen LogP contribution in [0.25, 0.3) is 10.9 Å². The number of halogens is 1. The van der Waals surface area contributed by atoms with Crippen LogP contribution in [0.3, 0.4) is 0 Å². The quantitative estimate of drug-likeness (QED) is 0.761. The zero-order chi connectivity index (χ0) is 14.5. The van der Waals surface area contributed by atoms with Crippen LogP contribution in [0.4, 0.5) is 5.82 Å². The fraction of sp³-hybridized carbons (Fsp3) is 0.438. The molecule has 0 aliphatic heterocycles. The summed E-state index contributed by atoms with van der Waals surface area (Å²) in [5, 5.41) is 1.15. The number of aromatic nitrogens is 1. The Bertz CT molecular complexity index is 569. The Balaban J connectivity index is 2.22. The Morgan fingerprint density at radius 2 is 1.85 bits per heavy atom. The molecule has 2 rings (SSSR count). The molecule has 1 heterocycles. The summed E-state index contributed by atoms with van der Waals surface area (Å²) in [4.78, 5) is 9.17. The molecule has 0 amide bonds. The van der Waals surface area contributed by atoms with Gasteiger partial charge in [0.2, 0.25) is 0 Å². The highest BCUT2D eigenvalue weighted by Crippen LogP contribution is 2.24. The standard InChI is InChI=1S/C16H22ClN3/c1-19(2)9-6-10-20(3)16-14(12-17)11-13-7-4-5-8-15(13)18-16/h4-5,7-8,11H,6,9-10,12H2,1-3H3. The predicted molar refractivity (Wildman–Crippen MR) is 87.7 cm³/mol. The average molecular weight is 292 g/mol. The fourth-order valence-corrected chi connectivity index (χ4v) is 2.51. The Morgan fingerprint density at radius 1 is 1.10 bits per heavy atom. The number of para-hydroxylation sites is 1. The molecular weight excluding hydrogens is 270 g/mol. The van der Waals surface area contributed by atoms with E-state index in [1.165, 1.54) is 0 Å². The number of hydrogen-bond donors (Lipinski definition) is 0. The topological polar surface area (TPSA) is 19.4 Å². The van der Waals surface area contributed by atoms with Crippen molar-refractivity contribution in [2.45, 2.75) is 12.3 Å². The number of fused-ring (bicyclic) bond motifs is 1. The van der Waals surface area contributed by atoms with Crippen molar-refractivity contribution in [3.8, 4) is 0 Å². The largest absolute Gasteiger partial charge is 0.359 e. The van der Waals surface area contributed by atoms with Gasteiger partial charge in [0.05, 0.1) is 11.4 Å². The lowest BCUT2D eigenvalue weighted by Crippen LogP contribution is -2.24. The first-order chi connectivity index (χ1) is 9.61. The summed E-state index contributed by atoms with van der Waals surface area (Å²) in [5.41, 5.74) is 2.12. The van der Waals surface area contributed by atoms with Gasteiger partial charge in [0.1, 0.15) is 5.82 Å². The van der Waals surface area contributed by atoms with Crippen molar-refractivity contribution in [2.75, 3.05) is 39.1 Å². The maximum Gasteiger partial charge on any atom is 0.133 e. The van der Waals surface area contributed by atoms with Gasteiger partial charge in [-0.25, -0.2) is 4.98 Å². The molecule has 0 saturated carbocycles. The highest BCUT2D eigenvalue weighted by atomic mass is 35.5. The maximum absolute atomic E-state index is 6.09. The van der Waals surface area contributed by atoms with Crippen LogP contribution in [0.5, 0.6) is 0 Å². The van der Waals surface area contributed by atoms with Gasteiger partial charge in [-0.2, -0.15) is 0 Å². The van der Waals surface area contributed by atoms with Gasteiger partial charge in [0.15, 0.2) is 0 Å².